The Balaban J connectivity index is 1.74. The van der Waals surface area contributed by atoms with Crippen LogP contribution in [0.2, 0.25) is 0 Å². The molecule has 19 heavy (non-hydrogen) atoms. The minimum absolute atomic E-state index is 0.653. The first-order valence-electron chi connectivity index (χ1n) is 8.01. The second-order valence-electron chi connectivity index (χ2n) is 6.94. The smallest absolute Gasteiger partial charge is 0.0102 e. The van der Waals surface area contributed by atoms with Crippen LogP contribution in [0.3, 0.4) is 0 Å². The van der Waals surface area contributed by atoms with E-state index in [1.165, 1.54) is 37.7 Å². The molecule has 2 aliphatic rings. The quantitative estimate of drug-likeness (QED) is 0.842. The highest BCUT2D eigenvalue weighted by molar-refractivity contribution is 5.35. The molecule has 0 aromatic heterocycles. The molecule has 1 heterocycles. The van der Waals surface area contributed by atoms with Gasteiger partial charge in [-0.1, -0.05) is 32.0 Å². The molecule has 1 nitrogen and oxygen atoms in total. The highest BCUT2D eigenvalue weighted by Crippen LogP contribution is 2.33. The molecular weight excluding hydrogens is 230 g/mol. The van der Waals surface area contributed by atoms with Crippen LogP contribution in [0.1, 0.15) is 62.6 Å². The molecule has 1 saturated heterocycles. The average molecular weight is 257 g/mol. The van der Waals surface area contributed by atoms with Crippen molar-refractivity contribution in [2.75, 3.05) is 0 Å². The summed E-state index contributed by atoms with van der Waals surface area (Å²) < 4.78 is 0. The summed E-state index contributed by atoms with van der Waals surface area (Å²) in [6.45, 7) is 6.90. The average Bonchev–Trinajstić information content (AvgIpc) is 2.84. The van der Waals surface area contributed by atoms with Crippen molar-refractivity contribution in [3.05, 3.63) is 34.9 Å². The number of nitrogens with one attached hydrogen (secondary N) is 1. The van der Waals surface area contributed by atoms with Gasteiger partial charge in [0.25, 0.3) is 0 Å². The Morgan fingerprint density at radius 1 is 1.11 bits per heavy atom. The van der Waals surface area contributed by atoms with Crippen LogP contribution in [0.5, 0.6) is 0 Å². The van der Waals surface area contributed by atoms with Gasteiger partial charge >= 0.3 is 0 Å². The van der Waals surface area contributed by atoms with Gasteiger partial charge in [0.1, 0.15) is 0 Å². The maximum absolute atomic E-state index is 3.78. The van der Waals surface area contributed by atoms with Gasteiger partial charge in [-0.05, 0) is 67.6 Å². The molecule has 3 atom stereocenters. The number of rotatable bonds is 2. The van der Waals surface area contributed by atoms with E-state index in [0.29, 0.717) is 5.92 Å². The van der Waals surface area contributed by atoms with Crippen LogP contribution in [0, 0.1) is 5.92 Å². The zero-order valence-electron chi connectivity index (χ0n) is 12.6. The van der Waals surface area contributed by atoms with Gasteiger partial charge in [0.15, 0.2) is 0 Å². The number of benzene rings is 1. The van der Waals surface area contributed by atoms with Crippen molar-refractivity contribution in [2.24, 2.45) is 5.92 Å². The lowest BCUT2D eigenvalue weighted by Gasteiger charge is -2.30. The largest absolute Gasteiger partial charge is 0.311 e. The molecule has 1 aromatic rings. The van der Waals surface area contributed by atoms with Crippen molar-refractivity contribution in [1.82, 2.24) is 5.32 Å². The van der Waals surface area contributed by atoms with E-state index in [2.05, 4.69) is 44.3 Å². The van der Waals surface area contributed by atoms with Crippen molar-refractivity contribution in [2.45, 2.75) is 70.9 Å². The first kappa shape index (κ1) is 13.2. The minimum atomic E-state index is 0.653. The van der Waals surface area contributed by atoms with E-state index in [9.17, 15) is 0 Å². The Morgan fingerprint density at radius 2 is 1.95 bits per heavy atom. The topological polar surface area (TPSA) is 12.0 Å². The molecule has 1 aliphatic carbocycles. The number of hydrogen-bond acceptors (Lipinski definition) is 1. The van der Waals surface area contributed by atoms with Gasteiger partial charge in [-0.2, -0.15) is 0 Å². The molecule has 1 N–H and O–H groups in total. The number of fused-ring (bicyclic) bond motifs is 1. The summed E-state index contributed by atoms with van der Waals surface area (Å²) >= 11 is 0. The highest BCUT2D eigenvalue weighted by Gasteiger charge is 2.30. The fourth-order valence-electron chi connectivity index (χ4n) is 3.84. The monoisotopic (exact) mass is 257 g/mol. The zero-order chi connectivity index (χ0) is 13.4. The summed E-state index contributed by atoms with van der Waals surface area (Å²) in [4.78, 5) is 0. The van der Waals surface area contributed by atoms with Crippen molar-refractivity contribution in [1.29, 1.82) is 0 Å². The summed E-state index contributed by atoms with van der Waals surface area (Å²) in [5.74, 6) is 1.52. The van der Waals surface area contributed by atoms with Gasteiger partial charge in [-0.15, -0.1) is 0 Å². The van der Waals surface area contributed by atoms with Gasteiger partial charge in [-0.25, -0.2) is 0 Å². The Morgan fingerprint density at radius 3 is 2.63 bits per heavy atom. The second kappa shape index (κ2) is 5.28. The first-order chi connectivity index (χ1) is 9.13. The maximum Gasteiger partial charge on any atom is 0.0102 e. The third kappa shape index (κ3) is 2.72. The van der Waals surface area contributed by atoms with Crippen LogP contribution >= 0.6 is 0 Å². The lowest BCUT2D eigenvalue weighted by Crippen LogP contribution is -2.36. The summed E-state index contributed by atoms with van der Waals surface area (Å²) in [6, 6.07) is 8.70. The van der Waals surface area contributed by atoms with E-state index in [4.69, 9.17) is 0 Å². The van der Waals surface area contributed by atoms with E-state index in [-0.39, 0.29) is 0 Å². The molecule has 1 fully saturated rings. The Labute approximate surface area is 117 Å². The second-order valence-corrected chi connectivity index (χ2v) is 6.94. The summed E-state index contributed by atoms with van der Waals surface area (Å²) in [5.41, 5.74) is 4.74. The van der Waals surface area contributed by atoms with E-state index in [1.807, 2.05) is 0 Å². The lowest BCUT2D eigenvalue weighted by atomic mass is 9.78. The van der Waals surface area contributed by atoms with E-state index >= 15 is 0 Å². The molecule has 0 radical (unpaired) electrons. The standard InChI is InChI=1S/C18H27N/c1-12(2)14-5-6-16-11-17(8-7-15(16)10-14)18-9-4-13(3)19-18/h5-6,10,12-13,17-19H,4,7-9,11H2,1-3H3/t13-,17?,18-/m1/s1. The molecule has 104 valence electrons. The van der Waals surface area contributed by atoms with E-state index in [0.717, 1.165) is 18.0 Å². The maximum atomic E-state index is 3.78. The van der Waals surface area contributed by atoms with E-state index < -0.39 is 0 Å². The zero-order valence-corrected chi connectivity index (χ0v) is 12.6. The molecule has 0 bridgehead atoms. The molecule has 1 heteroatoms. The molecular formula is C18H27N. The molecule has 0 amide bonds. The molecule has 1 aliphatic heterocycles. The van der Waals surface area contributed by atoms with Crippen molar-refractivity contribution < 1.29 is 0 Å². The predicted molar refractivity (Wildman–Crippen MR) is 81.7 cm³/mol. The third-order valence-corrected chi connectivity index (χ3v) is 5.14. The predicted octanol–water partition coefficient (Wildman–Crippen LogP) is 4.06. The lowest BCUT2D eigenvalue weighted by molar-refractivity contribution is 0.341. The van der Waals surface area contributed by atoms with Crippen LogP contribution in [-0.4, -0.2) is 12.1 Å². The summed E-state index contributed by atoms with van der Waals surface area (Å²) in [7, 11) is 0. The normalized spacial score (nSPS) is 30.6. The number of hydrogen-bond donors (Lipinski definition) is 1. The van der Waals surface area contributed by atoms with Gasteiger partial charge in [0.05, 0.1) is 0 Å². The van der Waals surface area contributed by atoms with Crippen LogP contribution in [0.25, 0.3) is 0 Å². The van der Waals surface area contributed by atoms with Gasteiger partial charge < -0.3 is 5.32 Å². The fourth-order valence-corrected chi connectivity index (χ4v) is 3.84. The molecule has 3 rings (SSSR count). The third-order valence-electron chi connectivity index (χ3n) is 5.14. The van der Waals surface area contributed by atoms with Gasteiger partial charge in [0.2, 0.25) is 0 Å². The number of aryl methyl sites for hydroxylation is 1. The van der Waals surface area contributed by atoms with Crippen LogP contribution in [0.15, 0.2) is 18.2 Å². The fraction of sp³-hybridized carbons (Fsp3) is 0.667. The van der Waals surface area contributed by atoms with E-state index in [1.54, 1.807) is 11.1 Å². The highest BCUT2D eigenvalue weighted by atomic mass is 15.0. The Hall–Kier alpha value is -0.820. The SMILES string of the molecule is CC(C)c1ccc2c(c1)CCC([C@H]1CC[C@@H](C)N1)C2. The van der Waals surface area contributed by atoms with Crippen molar-refractivity contribution >= 4 is 0 Å². The van der Waals surface area contributed by atoms with Crippen LogP contribution in [-0.2, 0) is 12.8 Å². The minimum Gasteiger partial charge on any atom is -0.311 e. The Bertz CT molecular complexity index is 449. The summed E-state index contributed by atoms with van der Waals surface area (Å²) in [6.07, 6.45) is 6.69. The Kier molecular flexibility index (Phi) is 3.66. The van der Waals surface area contributed by atoms with Gasteiger partial charge in [0, 0.05) is 12.1 Å². The molecule has 0 saturated carbocycles. The molecule has 1 unspecified atom stereocenters. The van der Waals surface area contributed by atoms with Crippen molar-refractivity contribution in [3.63, 3.8) is 0 Å². The van der Waals surface area contributed by atoms with Crippen LogP contribution in [0.4, 0.5) is 0 Å². The molecule has 0 spiro atoms. The first-order valence-corrected chi connectivity index (χ1v) is 8.01. The molecule has 1 aromatic carbocycles. The van der Waals surface area contributed by atoms with Gasteiger partial charge in [-0.3, -0.25) is 0 Å². The summed E-state index contributed by atoms with van der Waals surface area (Å²) in [5, 5.41) is 3.78. The van der Waals surface area contributed by atoms with Crippen LogP contribution < -0.4 is 5.32 Å². The van der Waals surface area contributed by atoms with Crippen molar-refractivity contribution in [3.8, 4) is 0 Å².